The second kappa shape index (κ2) is 6.68. The Hall–Kier alpha value is -0.940. The van der Waals surface area contributed by atoms with E-state index in [2.05, 4.69) is 31.9 Å². The summed E-state index contributed by atoms with van der Waals surface area (Å²) in [5.74, 6) is -0.894. The van der Waals surface area contributed by atoms with Crippen molar-refractivity contribution < 1.29 is 13.5 Å². The van der Waals surface area contributed by atoms with Crippen molar-refractivity contribution in [3.63, 3.8) is 0 Å². The van der Waals surface area contributed by atoms with E-state index in [1.165, 1.54) is 6.07 Å². The maximum absolute atomic E-state index is 13.2. The van der Waals surface area contributed by atoms with Crippen LogP contribution in [0.25, 0.3) is 0 Å². The molecule has 1 atom stereocenters. The quantitative estimate of drug-likeness (QED) is 0.617. The molecule has 0 heterocycles. The highest BCUT2D eigenvalue weighted by Crippen LogP contribution is 2.34. The zero-order valence-electron chi connectivity index (χ0n) is 10.7. The molecule has 0 bridgehead atoms. The minimum Gasteiger partial charge on any atom is -0.497 e. The molecule has 1 unspecified atom stereocenters. The molecule has 0 N–H and O–H groups in total. The molecule has 0 fully saturated rings. The summed E-state index contributed by atoms with van der Waals surface area (Å²) in [4.78, 5) is -0.00681. The van der Waals surface area contributed by atoms with Gasteiger partial charge in [-0.25, -0.2) is 8.78 Å². The van der Waals surface area contributed by atoms with Crippen LogP contribution in [0.4, 0.5) is 8.78 Å². The van der Waals surface area contributed by atoms with Gasteiger partial charge in [-0.05, 0) is 41.8 Å². The zero-order valence-corrected chi connectivity index (χ0v) is 13.8. The lowest BCUT2D eigenvalue weighted by molar-refractivity contribution is 0.414. The molecule has 0 spiro atoms. The molecule has 2 rings (SSSR count). The summed E-state index contributed by atoms with van der Waals surface area (Å²) in [6.07, 6.45) is 0.558. The van der Waals surface area contributed by atoms with Gasteiger partial charge in [0.1, 0.15) is 5.75 Å². The van der Waals surface area contributed by atoms with Gasteiger partial charge in [0, 0.05) is 9.30 Å². The van der Waals surface area contributed by atoms with E-state index >= 15 is 0 Å². The Morgan fingerprint density at radius 2 is 1.85 bits per heavy atom. The molecule has 1 nitrogen and oxygen atoms in total. The highest BCUT2D eigenvalue weighted by Gasteiger charge is 2.14. The zero-order chi connectivity index (χ0) is 14.7. The minimum absolute atomic E-state index is 0.00681. The number of rotatable bonds is 4. The van der Waals surface area contributed by atoms with E-state index in [4.69, 9.17) is 4.74 Å². The maximum Gasteiger partial charge on any atom is 0.159 e. The van der Waals surface area contributed by atoms with Gasteiger partial charge in [-0.1, -0.05) is 44.0 Å². The van der Waals surface area contributed by atoms with Crippen molar-refractivity contribution in [1.29, 1.82) is 0 Å². The minimum atomic E-state index is -0.828. The van der Waals surface area contributed by atoms with Gasteiger partial charge in [0.25, 0.3) is 0 Å². The summed E-state index contributed by atoms with van der Waals surface area (Å²) >= 11 is 7.06. The Kier molecular flexibility index (Phi) is 5.16. The highest BCUT2D eigenvalue weighted by molar-refractivity contribution is 9.11. The number of halogens is 4. The number of alkyl halides is 1. The number of hydrogen-bond acceptors (Lipinski definition) is 1. The van der Waals surface area contributed by atoms with E-state index in [1.54, 1.807) is 13.2 Å². The Morgan fingerprint density at radius 3 is 2.45 bits per heavy atom. The van der Waals surface area contributed by atoms with E-state index < -0.39 is 11.6 Å². The van der Waals surface area contributed by atoms with E-state index in [0.717, 1.165) is 27.4 Å². The van der Waals surface area contributed by atoms with Crippen molar-refractivity contribution in [1.82, 2.24) is 0 Å². The smallest absolute Gasteiger partial charge is 0.159 e. The third-order valence-corrected chi connectivity index (χ3v) is 4.45. The molecule has 0 aromatic heterocycles. The van der Waals surface area contributed by atoms with Crippen LogP contribution in [0.15, 0.2) is 40.9 Å². The summed E-state index contributed by atoms with van der Waals surface area (Å²) in [5.41, 5.74) is 1.75. The Balaban J connectivity index is 2.19. The van der Waals surface area contributed by atoms with Crippen LogP contribution in [0, 0.1) is 11.6 Å². The van der Waals surface area contributed by atoms with E-state index in [9.17, 15) is 8.78 Å². The molecule has 0 amide bonds. The van der Waals surface area contributed by atoms with Gasteiger partial charge in [0.15, 0.2) is 11.6 Å². The first-order valence-corrected chi connectivity index (χ1v) is 7.63. The largest absolute Gasteiger partial charge is 0.497 e. The number of ether oxygens (including phenoxy) is 1. The lowest BCUT2D eigenvalue weighted by Gasteiger charge is -2.13. The molecule has 0 saturated carbocycles. The molecule has 2 aromatic rings. The van der Waals surface area contributed by atoms with Crippen LogP contribution in [0.5, 0.6) is 5.75 Å². The first-order valence-electron chi connectivity index (χ1n) is 5.92. The van der Waals surface area contributed by atoms with Gasteiger partial charge >= 0.3 is 0 Å². The monoisotopic (exact) mass is 404 g/mol. The molecule has 0 saturated heterocycles. The van der Waals surface area contributed by atoms with Crippen molar-refractivity contribution in [2.75, 3.05) is 7.11 Å². The molecular weight excluding hydrogens is 394 g/mol. The van der Waals surface area contributed by atoms with Crippen molar-refractivity contribution in [3.05, 3.63) is 63.6 Å². The molecule has 0 aliphatic rings. The van der Waals surface area contributed by atoms with Crippen LogP contribution in [0.3, 0.4) is 0 Å². The lowest BCUT2D eigenvalue weighted by atomic mass is 10.0. The molecule has 0 aliphatic heterocycles. The first kappa shape index (κ1) is 15.4. The molecule has 0 aliphatic carbocycles. The van der Waals surface area contributed by atoms with Gasteiger partial charge in [-0.15, -0.1) is 0 Å². The summed E-state index contributed by atoms with van der Waals surface area (Å²) in [5, 5.41) is 0. The molecule has 5 heteroatoms. The fourth-order valence-electron chi connectivity index (χ4n) is 1.87. The SMILES string of the molecule is COc1ccc(C(Br)Cc2ccc(F)c(F)c2)c(Br)c1. The van der Waals surface area contributed by atoms with Gasteiger partial charge in [0.05, 0.1) is 7.11 Å². The fourth-order valence-corrected chi connectivity index (χ4v) is 3.59. The Labute approximate surface area is 133 Å². The van der Waals surface area contributed by atoms with Crippen molar-refractivity contribution in [3.8, 4) is 5.75 Å². The molecule has 20 heavy (non-hydrogen) atoms. The summed E-state index contributed by atoms with van der Waals surface area (Å²) in [6.45, 7) is 0. The van der Waals surface area contributed by atoms with Crippen molar-refractivity contribution in [2.45, 2.75) is 11.2 Å². The molecule has 106 valence electrons. The van der Waals surface area contributed by atoms with E-state index in [1.807, 2.05) is 18.2 Å². The second-order valence-electron chi connectivity index (χ2n) is 4.31. The van der Waals surface area contributed by atoms with E-state index in [-0.39, 0.29) is 4.83 Å². The van der Waals surface area contributed by atoms with Crippen LogP contribution >= 0.6 is 31.9 Å². The van der Waals surface area contributed by atoms with E-state index in [0.29, 0.717) is 6.42 Å². The highest BCUT2D eigenvalue weighted by atomic mass is 79.9. The summed E-state index contributed by atoms with van der Waals surface area (Å²) in [6, 6.07) is 9.62. The Morgan fingerprint density at radius 1 is 1.10 bits per heavy atom. The summed E-state index contributed by atoms with van der Waals surface area (Å²) < 4.78 is 32.1. The maximum atomic E-state index is 13.2. The molecule has 2 aromatic carbocycles. The Bertz CT molecular complexity index is 617. The van der Waals surface area contributed by atoms with Crippen LogP contribution < -0.4 is 4.74 Å². The lowest BCUT2D eigenvalue weighted by Crippen LogP contribution is -1.98. The van der Waals surface area contributed by atoms with Crippen molar-refractivity contribution in [2.24, 2.45) is 0 Å². The van der Waals surface area contributed by atoms with Gasteiger partial charge < -0.3 is 4.74 Å². The predicted octanol–water partition coefficient (Wildman–Crippen LogP) is 5.41. The number of hydrogen-bond donors (Lipinski definition) is 0. The van der Waals surface area contributed by atoms with Crippen LogP contribution in [-0.4, -0.2) is 7.11 Å². The van der Waals surface area contributed by atoms with Crippen LogP contribution in [0.2, 0.25) is 0 Å². The van der Waals surface area contributed by atoms with Gasteiger partial charge in [0.2, 0.25) is 0 Å². The van der Waals surface area contributed by atoms with Crippen LogP contribution in [-0.2, 0) is 6.42 Å². The molecular formula is C15H12Br2F2O. The normalized spacial score (nSPS) is 12.2. The average molecular weight is 406 g/mol. The van der Waals surface area contributed by atoms with Crippen molar-refractivity contribution >= 4 is 31.9 Å². The van der Waals surface area contributed by atoms with Crippen LogP contribution in [0.1, 0.15) is 16.0 Å². The summed E-state index contributed by atoms with van der Waals surface area (Å²) in [7, 11) is 1.61. The molecule has 0 radical (unpaired) electrons. The van der Waals surface area contributed by atoms with Gasteiger partial charge in [-0.3, -0.25) is 0 Å². The number of methoxy groups -OCH3 is 1. The predicted molar refractivity (Wildman–Crippen MR) is 82.4 cm³/mol. The third kappa shape index (κ3) is 3.58. The average Bonchev–Trinajstić information content (AvgIpc) is 2.42. The first-order chi connectivity index (χ1) is 9.51. The third-order valence-electron chi connectivity index (χ3n) is 2.94. The second-order valence-corrected chi connectivity index (χ2v) is 6.27. The standard InChI is InChI=1S/C15H12Br2F2O/c1-20-10-3-4-11(13(17)8-10)12(16)6-9-2-5-14(18)15(19)7-9/h2-5,7-8,12H,6H2,1H3. The topological polar surface area (TPSA) is 9.23 Å². The fraction of sp³-hybridized carbons (Fsp3) is 0.200. The number of benzene rings is 2. The van der Waals surface area contributed by atoms with Gasteiger partial charge in [-0.2, -0.15) is 0 Å².